The molecule has 1 saturated heterocycles. The lowest BCUT2D eigenvalue weighted by Gasteiger charge is -2.36. The fourth-order valence-electron chi connectivity index (χ4n) is 2.47. The molecule has 0 saturated carbocycles. The number of hydrogen-bond donors (Lipinski definition) is 1. The van der Waals surface area contributed by atoms with E-state index in [-0.39, 0.29) is 23.9 Å². The summed E-state index contributed by atoms with van der Waals surface area (Å²) in [4.78, 5) is 25.9. The maximum absolute atomic E-state index is 12.4. The second-order valence-electron chi connectivity index (χ2n) is 5.71. The van der Waals surface area contributed by atoms with Gasteiger partial charge in [0.15, 0.2) is 6.10 Å². The summed E-state index contributed by atoms with van der Waals surface area (Å²) >= 11 is 0. The van der Waals surface area contributed by atoms with Gasteiger partial charge in [-0.2, -0.15) is 0 Å². The maximum atomic E-state index is 12.4. The van der Waals surface area contributed by atoms with Gasteiger partial charge >= 0.3 is 5.97 Å². The van der Waals surface area contributed by atoms with Gasteiger partial charge in [-0.05, 0) is 32.9 Å². The number of nitrogens with two attached hydrogens (primary N) is 1. The molecule has 0 aliphatic carbocycles. The van der Waals surface area contributed by atoms with Crippen molar-refractivity contribution in [3.8, 4) is 0 Å². The molecule has 1 aliphatic rings. The first-order valence-corrected chi connectivity index (χ1v) is 8.90. The first-order chi connectivity index (χ1) is 11.1. The number of esters is 1. The SMILES string of the molecule is CC1CN(C(=O)C(C)OC(=O)c2ccc(S(N)(=O)=O)o2)CC(C)O1. The van der Waals surface area contributed by atoms with Crippen LogP contribution in [0, 0.1) is 0 Å². The van der Waals surface area contributed by atoms with Crippen LogP contribution in [0.25, 0.3) is 0 Å². The van der Waals surface area contributed by atoms with E-state index in [4.69, 9.17) is 19.0 Å². The Balaban J connectivity index is 2.00. The lowest BCUT2D eigenvalue weighted by atomic mass is 10.2. The molecule has 134 valence electrons. The lowest BCUT2D eigenvalue weighted by Crippen LogP contribution is -2.51. The van der Waals surface area contributed by atoms with E-state index in [0.717, 1.165) is 12.1 Å². The monoisotopic (exact) mass is 360 g/mol. The van der Waals surface area contributed by atoms with E-state index < -0.39 is 27.2 Å². The van der Waals surface area contributed by atoms with Crippen LogP contribution in [-0.2, 0) is 24.3 Å². The van der Waals surface area contributed by atoms with Crippen LogP contribution < -0.4 is 5.14 Å². The van der Waals surface area contributed by atoms with Gasteiger partial charge in [0.25, 0.3) is 15.9 Å². The van der Waals surface area contributed by atoms with Crippen molar-refractivity contribution in [2.75, 3.05) is 13.1 Å². The summed E-state index contributed by atoms with van der Waals surface area (Å²) in [5.74, 6) is -1.65. The van der Waals surface area contributed by atoms with Crippen LogP contribution in [-0.4, -0.2) is 56.6 Å². The minimum atomic E-state index is -4.05. The molecule has 24 heavy (non-hydrogen) atoms. The molecule has 0 radical (unpaired) electrons. The molecule has 2 N–H and O–H groups in total. The Bertz CT molecular complexity index is 717. The molecule has 0 bridgehead atoms. The summed E-state index contributed by atoms with van der Waals surface area (Å²) in [6, 6.07) is 2.17. The largest absolute Gasteiger partial charge is 0.447 e. The van der Waals surface area contributed by atoms with Crippen molar-refractivity contribution < 1.29 is 31.9 Å². The minimum Gasteiger partial charge on any atom is -0.447 e. The molecule has 0 spiro atoms. The number of sulfonamides is 1. The van der Waals surface area contributed by atoms with Gasteiger partial charge in [-0.1, -0.05) is 0 Å². The highest BCUT2D eigenvalue weighted by molar-refractivity contribution is 7.89. The minimum absolute atomic E-state index is 0.108. The Labute approximate surface area is 139 Å². The number of furan rings is 1. The van der Waals surface area contributed by atoms with Gasteiger partial charge < -0.3 is 18.8 Å². The van der Waals surface area contributed by atoms with Gasteiger partial charge in [-0.25, -0.2) is 18.4 Å². The predicted molar refractivity (Wildman–Crippen MR) is 81.5 cm³/mol. The number of carbonyl (C=O) groups is 2. The van der Waals surface area contributed by atoms with Gasteiger partial charge in [-0.3, -0.25) is 4.79 Å². The zero-order chi connectivity index (χ0) is 18.1. The number of rotatable bonds is 4. The molecular formula is C14H20N2O7S. The van der Waals surface area contributed by atoms with Crippen molar-refractivity contribution >= 4 is 21.9 Å². The van der Waals surface area contributed by atoms with Crippen LogP contribution in [0.5, 0.6) is 0 Å². The highest BCUT2D eigenvalue weighted by Gasteiger charge is 2.31. The van der Waals surface area contributed by atoms with Crippen molar-refractivity contribution in [2.24, 2.45) is 5.14 Å². The molecule has 1 amide bonds. The third-order valence-corrected chi connectivity index (χ3v) is 4.21. The third-order valence-electron chi connectivity index (χ3n) is 3.43. The van der Waals surface area contributed by atoms with Crippen LogP contribution in [0.15, 0.2) is 21.6 Å². The summed E-state index contributed by atoms with van der Waals surface area (Å²) in [5.41, 5.74) is 0. The van der Waals surface area contributed by atoms with Crippen molar-refractivity contribution in [1.82, 2.24) is 4.90 Å². The average Bonchev–Trinajstić information content (AvgIpc) is 2.95. The molecule has 1 fully saturated rings. The first kappa shape index (κ1) is 18.4. The molecule has 1 aliphatic heterocycles. The zero-order valence-electron chi connectivity index (χ0n) is 13.6. The summed E-state index contributed by atoms with van der Waals surface area (Å²) in [6.45, 7) is 5.95. The van der Waals surface area contributed by atoms with Gasteiger partial charge in [0.1, 0.15) is 0 Å². The predicted octanol–water partition coefficient (Wildman–Crippen LogP) is 0.108. The van der Waals surface area contributed by atoms with E-state index >= 15 is 0 Å². The molecule has 3 unspecified atom stereocenters. The van der Waals surface area contributed by atoms with Gasteiger partial charge in [-0.15, -0.1) is 0 Å². The van der Waals surface area contributed by atoms with E-state index in [9.17, 15) is 18.0 Å². The topological polar surface area (TPSA) is 129 Å². The first-order valence-electron chi connectivity index (χ1n) is 7.35. The lowest BCUT2D eigenvalue weighted by molar-refractivity contribution is -0.151. The highest BCUT2D eigenvalue weighted by atomic mass is 32.2. The van der Waals surface area contributed by atoms with E-state index in [1.54, 1.807) is 4.90 Å². The fraction of sp³-hybridized carbons (Fsp3) is 0.571. The van der Waals surface area contributed by atoms with E-state index in [2.05, 4.69) is 0 Å². The van der Waals surface area contributed by atoms with Crippen molar-refractivity contribution in [3.05, 3.63) is 17.9 Å². The molecule has 1 aromatic rings. The van der Waals surface area contributed by atoms with E-state index in [1.165, 1.54) is 6.92 Å². The maximum Gasteiger partial charge on any atom is 0.375 e. The Morgan fingerprint density at radius 1 is 1.29 bits per heavy atom. The molecular weight excluding hydrogens is 340 g/mol. The summed E-state index contributed by atoms with van der Waals surface area (Å²) in [5, 5.41) is 4.35. The smallest absolute Gasteiger partial charge is 0.375 e. The Hall–Kier alpha value is -1.91. The van der Waals surface area contributed by atoms with Gasteiger partial charge in [0.2, 0.25) is 10.9 Å². The number of hydrogen-bond acceptors (Lipinski definition) is 7. The third kappa shape index (κ3) is 4.34. The number of amides is 1. The van der Waals surface area contributed by atoms with E-state index in [1.807, 2.05) is 13.8 Å². The number of ether oxygens (including phenoxy) is 2. The second-order valence-corrected chi connectivity index (χ2v) is 7.20. The van der Waals surface area contributed by atoms with Gasteiger partial charge in [0.05, 0.1) is 12.2 Å². The van der Waals surface area contributed by atoms with Crippen LogP contribution in [0.1, 0.15) is 31.3 Å². The van der Waals surface area contributed by atoms with Crippen molar-refractivity contribution in [2.45, 2.75) is 44.2 Å². The van der Waals surface area contributed by atoms with Gasteiger partial charge in [0, 0.05) is 13.1 Å². The van der Waals surface area contributed by atoms with Crippen molar-refractivity contribution in [1.29, 1.82) is 0 Å². The van der Waals surface area contributed by atoms with Crippen molar-refractivity contribution in [3.63, 3.8) is 0 Å². The summed E-state index contributed by atoms with van der Waals surface area (Å²) in [7, 11) is -4.05. The Morgan fingerprint density at radius 2 is 1.88 bits per heavy atom. The Kier molecular flexibility index (Phi) is 5.31. The highest BCUT2D eigenvalue weighted by Crippen LogP contribution is 2.16. The number of morpholine rings is 1. The fourth-order valence-corrected chi connectivity index (χ4v) is 2.93. The molecule has 9 nitrogen and oxygen atoms in total. The van der Waals surface area contributed by atoms with Crippen LogP contribution in [0.4, 0.5) is 0 Å². The van der Waals surface area contributed by atoms with E-state index in [0.29, 0.717) is 13.1 Å². The number of carbonyl (C=O) groups excluding carboxylic acids is 2. The number of primary sulfonamides is 1. The molecule has 2 rings (SSSR count). The molecule has 10 heteroatoms. The normalized spacial score (nSPS) is 22.9. The number of nitrogens with zero attached hydrogens (tertiary/aromatic N) is 1. The summed E-state index contributed by atoms with van der Waals surface area (Å²) < 4.78 is 37.7. The molecule has 2 heterocycles. The Morgan fingerprint density at radius 3 is 2.38 bits per heavy atom. The average molecular weight is 360 g/mol. The summed E-state index contributed by atoms with van der Waals surface area (Å²) in [6.07, 6.45) is -1.26. The zero-order valence-corrected chi connectivity index (χ0v) is 14.4. The molecule has 1 aromatic heterocycles. The van der Waals surface area contributed by atoms with Crippen LogP contribution in [0.3, 0.4) is 0 Å². The quantitative estimate of drug-likeness (QED) is 0.754. The molecule has 0 aromatic carbocycles. The second kappa shape index (κ2) is 6.91. The van der Waals surface area contributed by atoms with Crippen LogP contribution >= 0.6 is 0 Å². The van der Waals surface area contributed by atoms with Crippen LogP contribution in [0.2, 0.25) is 0 Å². The molecule has 3 atom stereocenters. The standard InChI is InChI=1S/C14H20N2O7S/c1-8-6-16(7-9(2)21-8)13(17)10(3)22-14(18)11-4-5-12(23-11)24(15,19)20/h4-5,8-10H,6-7H2,1-3H3,(H2,15,19,20).